The summed E-state index contributed by atoms with van der Waals surface area (Å²) in [7, 11) is 0. The van der Waals surface area contributed by atoms with Crippen LogP contribution in [0.4, 0.5) is 0 Å². The zero-order valence-corrected chi connectivity index (χ0v) is 17.6. The fraction of sp³-hybridized carbons (Fsp3) is 0.429. The zero-order chi connectivity index (χ0) is 23.1. The minimum Gasteiger partial charge on any atom is -0.480 e. The normalized spacial score (nSPS) is 14.1. The Kier molecular flexibility index (Phi) is 8.14. The highest BCUT2D eigenvalue weighted by Crippen LogP contribution is 2.18. The zero-order valence-electron chi connectivity index (χ0n) is 17.6. The molecule has 168 valence electrons. The number of benzene rings is 1. The predicted octanol–water partition coefficient (Wildman–Crippen LogP) is 0.0134. The summed E-state index contributed by atoms with van der Waals surface area (Å²) in [6.07, 6.45) is 1.77. The topological polar surface area (TPSA) is 180 Å². The summed E-state index contributed by atoms with van der Waals surface area (Å²) >= 11 is 0. The molecule has 31 heavy (non-hydrogen) atoms. The van der Waals surface area contributed by atoms with Gasteiger partial charge >= 0.3 is 5.97 Å². The number of nitrogens with one attached hydrogen (secondary N) is 3. The molecule has 0 saturated carbocycles. The lowest BCUT2D eigenvalue weighted by Crippen LogP contribution is -2.55. The van der Waals surface area contributed by atoms with Gasteiger partial charge in [-0.1, -0.05) is 32.0 Å². The number of aromatic nitrogens is 1. The fourth-order valence-electron chi connectivity index (χ4n) is 3.23. The van der Waals surface area contributed by atoms with Crippen molar-refractivity contribution in [1.29, 1.82) is 0 Å². The van der Waals surface area contributed by atoms with Gasteiger partial charge in [0.05, 0.1) is 6.04 Å². The van der Waals surface area contributed by atoms with Gasteiger partial charge in [-0.25, -0.2) is 4.79 Å². The van der Waals surface area contributed by atoms with Crippen LogP contribution in [-0.4, -0.2) is 51.9 Å². The second-order valence-electron chi connectivity index (χ2n) is 7.80. The maximum absolute atomic E-state index is 12.7. The Morgan fingerprint density at radius 1 is 1.10 bits per heavy atom. The van der Waals surface area contributed by atoms with Crippen molar-refractivity contribution in [3.05, 3.63) is 36.0 Å². The first-order valence-corrected chi connectivity index (χ1v) is 10.0. The number of hydrogen-bond acceptors (Lipinski definition) is 5. The minimum atomic E-state index is -1.20. The van der Waals surface area contributed by atoms with E-state index in [4.69, 9.17) is 11.5 Å². The number of rotatable bonds is 11. The summed E-state index contributed by atoms with van der Waals surface area (Å²) in [5.41, 5.74) is 13.0. The number of para-hydroxylation sites is 1. The van der Waals surface area contributed by atoms with Crippen LogP contribution < -0.4 is 22.1 Å². The first-order valence-electron chi connectivity index (χ1n) is 10.0. The molecule has 0 aliphatic rings. The monoisotopic (exact) mass is 431 g/mol. The maximum atomic E-state index is 12.7. The molecule has 0 unspecified atom stereocenters. The van der Waals surface area contributed by atoms with Crippen LogP contribution in [-0.2, 0) is 25.6 Å². The number of carboxylic acid groups (broad SMARTS) is 1. The van der Waals surface area contributed by atoms with Crippen molar-refractivity contribution in [2.75, 3.05) is 0 Å². The number of H-pyrrole nitrogens is 1. The molecule has 0 fully saturated rings. The predicted molar refractivity (Wildman–Crippen MR) is 115 cm³/mol. The molecule has 2 aromatic rings. The number of aliphatic carboxylic acids is 1. The molecule has 0 saturated heterocycles. The number of carbonyl (C=O) groups excluding carboxylic acids is 3. The molecule has 8 N–H and O–H groups in total. The van der Waals surface area contributed by atoms with Crippen LogP contribution in [0.1, 0.15) is 32.3 Å². The van der Waals surface area contributed by atoms with E-state index < -0.39 is 41.8 Å². The van der Waals surface area contributed by atoms with E-state index in [0.29, 0.717) is 0 Å². The largest absolute Gasteiger partial charge is 0.480 e. The van der Waals surface area contributed by atoms with Crippen LogP contribution in [0.3, 0.4) is 0 Å². The van der Waals surface area contributed by atoms with Gasteiger partial charge in [0.1, 0.15) is 12.1 Å². The third kappa shape index (κ3) is 6.54. The highest BCUT2D eigenvalue weighted by molar-refractivity contribution is 5.92. The van der Waals surface area contributed by atoms with Crippen LogP contribution in [0.15, 0.2) is 30.5 Å². The third-order valence-corrected chi connectivity index (χ3v) is 4.99. The fourth-order valence-corrected chi connectivity index (χ4v) is 3.23. The van der Waals surface area contributed by atoms with E-state index in [0.717, 1.165) is 16.5 Å². The van der Waals surface area contributed by atoms with Gasteiger partial charge in [-0.15, -0.1) is 0 Å². The van der Waals surface area contributed by atoms with Crippen molar-refractivity contribution in [2.45, 2.75) is 51.2 Å². The molecule has 1 aromatic heterocycles. The molecular formula is C21H29N5O5. The first kappa shape index (κ1) is 23.9. The summed E-state index contributed by atoms with van der Waals surface area (Å²) in [4.78, 5) is 51.0. The van der Waals surface area contributed by atoms with Crippen molar-refractivity contribution in [1.82, 2.24) is 15.6 Å². The van der Waals surface area contributed by atoms with Crippen molar-refractivity contribution in [3.8, 4) is 0 Å². The van der Waals surface area contributed by atoms with Gasteiger partial charge in [-0.3, -0.25) is 14.4 Å². The second kappa shape index (κ2) is 10.6. The highest BCUT2D eigenvalue weighted by Gasteiger charge is 2.29. The molecule has 3 atom stereocenters. The summed E-state index contributed by atoms with van der Waals surface area (Å²) in [6.45, 7) is 3.29. The number of fused-ring (bicyclic) bond motifs is 1. The Balaban J connectivity index is 2.09. The Morgan fingerprint density at radius 3 is 2.39 bits per heavy atom. The summed E-state index contributed by atoms with van der Waals surface area (Å²) < 4.78 is 0. The number of hydrogen-bond donors (Lipinski definition) is 6. The molecule has 0 aliphatic heterocycles. The van der Waals surface area contributed by atoms with Crippen molar-refractivity contribution < 1.29 is 24.3 Å². The molecular weight excluding hydrogens is 402 g/mol. The lowest BCUT2D eigenvalue weighted by atomic mass is 10.0. The number of amides is 3. The van der Waals surface area contributed by atoms with E-state index in [1.165, 1.54) is 0 Å². The summed E-state index contributed by atoms with van der Waals surface area (Å²) in [5, 5.41) is 15.2. The standard InChI is InChI=1S/C21H29N5O5/c1-11(2)18(21(30)31)26-20(29)16(7-8-17(23)27)25-19(28)14(22)9-12-10-24-15-6-4-3-5-13(12)15/h3-6,10-11,14,16,18,24H,7-9,22H2,1-2H3,(H2,23,27)(H,25,28)(H,26,29)(H,30,31)/t14-,16-,18-/m0/s1. The first-order chi connectivity index (χ1) is 14.6. The smallest absolute Gasteiger partial charge is 0.326 e. The number of nitrogens with two attached hydrogens (primary N) is 2. The lowest BCUT2D eigenvalue weighted by molar-refractivity contribution is -0.143. The molecule has 3 amide bonds. The van der Waals surface area contributed by atoms with Crippen molar-refractivity contribution >= 4 is 34.6 Å². The minimum absolute atomic E-state index is 0.0723. The van der Waals surface area contributed by atoms with Crippen LogP contribution in [0.25, 0.3) is 10.9 Å². The van der Waals surface area contributed by atoms with Crippen molar-refractivity contribution in [2.24, 2.45) is 17.4 Å². The van der Waals surface area contributed by atoms with Crippen LogP contribution in [0.2, 0.25) is 0 Å². The summed E-state index contributed by atoms with van der Waals surface area (Å²) in [6, 6.07) is 4.34. The van der Waals surface area contributed by atoms with Crippen LogP contribution in [0, 0.1) is 5.92 Å². The van der Waals surface area contributed by atoms with Crippen LogP contribution in [0.5, 0.6) is 0 Å². The van der Waals surface area contributed by atoms with Gasteiger partial charge in [0.15, 0.2) is 0 Å². The number of aromatic amines is 1. The number of carbonyl (C=O) groups is 4. The van der Waals surface area contributed by atoms with Gasteiger partial charge in [-0.2, -0.15) is 0 Å². The molecule has 2 rings (SSSR count). The number of carboxylic acids is 1. The third-order valence-electron chi connectivity index (χ3n) is 4.99. The van der Waals surface area contributed by atoms with Gasteiger partial charge in [0, 0.05) is 23.5 Å². The molecule has 0 bridgehead atoms. The highest BCUT2D eigenvalue weighted by atomic mass is 16.4. The average Bonchev–Trinajstić information content (AvgIpc) is 3.11. The SMILES string of the molecule is CC(C)[C@H](NC(=O)[C@H](CCC(N)=O)NC(=O)[C@@H](N)Cc1c[nH]c2ccccc12)C(=O)O. The molecule has 1 aromatic carbocycles. The second-order valence-corrected chi connectivity index (χ2v) is 7.80. The molecule has 0 aliphatic carbocycles. The van der Waals surface area contributed by atoms with E-state index in [9.17, 15) is 24.3 Å². The lowest BCUT2D eigenvalue weighted by Gasteiger charge is -2.24. The van der Waals surface area contributed by atoms with E-state index in [-0.39, 0.29) is 25.2 Å². The molecule has 10 nitrogen and oxygen atoms in total. The Hall–Kier alpha value is -3.40. The van der Waals surface area contributed by atoms with E-state index in [1.807, 2.05) is 24.3 Å². The van der Waals surface area contributed by atoms with Crippen LogP contribution >= 0.6 is 0 Å². The molecule has 0 spiro atoms. The maximum Gasteiger partial charge on any atom is 0.326 e. The van der Waals surface area contributed by atoms with Gasteiger partial charge in [-0.05, 0) is 30.4 Å². The summed E-state index contributed by atoms with van der Waals surface area (Å²) in [5.74, 6) is -3.52. The Labute approximate surface area is 179 Å². The van der Waals surface area contributed by atoms with Gasteiger partial charge in [0.25, 0.3) is 0 Å². The molecule has 1 heterocycles. The van der Waals surface area contributed by atoms with E-state index in [2.05, 4.69) is 15.6 Å². The Morgan fingerprint density at radius 2 is 1.77 bits per heavy atom. The Bertz CT molecular complexity index is 955. The molecule has 0 radical (unpaired) electrons. The number of primary amides is 1. The quantitative estimate of drug-likeness (QED) is 0.291. The van der Waals surface area contributed by atoms with E-state index in [1.54, 1.807) is 20.0 Å². The van der Waals surface area contributed by atoms with Crippen molar-refractivity contribution in [3.63, 3.8) is 0 Å². The van der Waals surface area contributed by atoms with E-state index >= 15 is 0 Å². The molecule has 10 heteroatoms. The van der Waals surface area contributed by atoms with Gasteiger partial charge < -0.3 is 32.2 Å². The van der Waals surface area contributed by atoms with Gasteiger partial charge in [0.2, 0.25) is 17.7 Å². The average molecular weight is 431 g/mol.